The fourth-order valence-electron chi connectivity index (χ4n) is 4.10. The van der Waals surface area contributed by atoms with Crippen molar-refractivity contribution in [3.63, 3.8) is 0 Å². The summed E-state index contributed by atoms with van der Waals surface area (Å²) in [6.07, 6.45) is 1.99. The lowest BCUT2D eigenvalue weighted by molar-refractivity contribution is -0.130. The van der Waals surface area contributed by atoms with E-state index in [-0.39, 0.29) is 11.8 Å². The number of para-hydroxylation sites is 1. The minimum atomic E-state index is 0.135. The second-order valence-electron chi connectivity index (χ2n) is 7.73. The summed E-state index contributed by atoms with van der Waals surface area (Å²) >= 11 is 0. The normalized spacial score (nSPS) is 19.1. The van der Waals surface area contributed by atoms with Crippen LogP contribution < -0.4 is 4.74 Å². The van der Waals surface area contributed by atoms with Gasteiger partial charge in [0.2, 0.25) is 5.91 Å². The number of hydrogen-bond acceptors (Lipinski definition) is 3. The molecule has 0 bridgehead atoms. The minimum absolute atomic E-state index is 0.135. The van der Waals surface area contributed by atoms with Crippen molar-refractivity contribution in [3.05, 3.63) is 83.7 Å². The molecule has 1 saturated heterocycles. The maximum Gasteiger partial charge on any atom is 0.219 e. The van der Waals surface area contributed by atoms with E-state index < -0.39 is 0 Å². The molecule has 1 aromatic heterocycles. The Kier molecular flexibility index (Phi) is 5.94. The maximum absolute atomic E-state index is 12.0. The van der Waals surface area contributed by atoms with Crippen molar-refractivity contribution in [3.8, 4) is 5.75 Å². The molecule has 5 nitrogen and oxygen atoms in total. The molecule has 3 aromatic rings. The molecule has 0 aliphatic carbocycles. The van der Waals surface area contributed by atoms with Gasteiger partial charge in [-0.15, -0.1) is 0 Å². The first-order valence-corrected chi connectivity index (χ1v) is 10.2. The summed E-state index contributed by atoms with van der Waals surface area (Å²) in [5, 5.41) is 7.72. The first-order chi connectivity index (χ1) is 14.2. The van der Waals surface area contributed by atoms with Gasteiger partial charge in [0.15, 0.2) is 0 Å². The molecule has 4 rings (SSSR count). The molecule has 5 heteroatoms. The largest absolute Gasteiger partial charge is 0.487 e. The third-order valence-corrected chi connectivity index (χ3v) is 5.71. The molecule has 2 unspecified atom stereocenters. The average Bonchev–Trinajstić information content (AvgIpc) is 3.23. The Labute approximate surface area is 171 Å². The molecule has 0 radical (unpaired) electrons. The number of hydrogen-bond donors (Lipinski definition) is 1. The van der Waals surface area contributed by atoms with Crippen LogP contribution in [0.3, 0.4) is 0 Å². The van der Waals surface area contributed by atoms with Gasteiger partial charge in [0, 0.05) is 25.9 Å². The van der Waals surface area contributed by atoms with Crippen LogP contribution in [0, 0.1) is 5.92 Å². The smallest absolute Gasteiger partial charge is 0.219 e. The van der Waals surface area contributed by atoms with Gasteiger partial charge in [-0.1, -0.05) is 48.5 Å². The van der Waals surface area contributed by atoms with Crippen LogP contribution in [0.4, 0.5) is 0 Å². The number of nitrogens with zero attached hydrogens (tertiary/aromatic N) is 2. The van der Waals surface area contributed by atoms with E-state index in [1.165, 1.54) is 5.56 Å². The number of ether oxygens (including phenoxy) is 1. The standard InChI is InChI=1S/C24H27N3O2/c1-18(28)27-13-12-20(14-19-8-4-2-5-9-19)23(16-27)24-15-21(25-26-24)17-29-22-10-6-3-7-11-22/h2-11,15,20,23H,12-14,16-17H2,1H3,(H,25,26). The van der Waals surface area contributed by atoms with E-state index in [4.69, 9.17) is 4.74 Å². The first kappa shape index (κ1) is 19.2. The van der Waals surface area contributed by atoms with Crippen molar-refractivity contribution in [1.82, 2.24) is 15.1 Å². The van der Waals surface area contributed by atoms with Crippen molar-refractivity contribution < 1.29 is 9.53 Å². The van der Waals surface area contributed by atoms with Gasteiger partial charge in [0.1, 0.15) is 12.4 Å². The number of nitrogens with one attached hydrogen (secondary N) is 1. The Morgan fingerprint density at radius 2 is 1.86 bits per heavy atom. The Hall–Kier alpha value is -3.08. The molecule has 0 saturated carbocycles. The van der Waals surface area contributed by atoms with Crippen LogP contribution in [0.5, 0.6) is 5.75 Å². The van der Waals surface area contributed by atoms with Gasteiger partial charge in [0.25, 0.3) is 0 Å². The van der Waals surface area contributed by atoms with E-state index in [2.05, 4.69) is 40.5 Å². The lowest BCUT2D eigenvalue weighted by atomic mass is 9.79. The molecule has 1 aliphatic heterocycles. The molecule has 150 valence electrons. The van der Waals surface area contributed by atoms with E-state index in [0.29, 0.717) is 12.5 Å². The second-order valence-corrected chi connectivity index (χ2v) is 7.73. The van der Waals surface area contributed by atoms with Crippen molar-refractivity contribution in [1.29, 1.82) is 0 Å². The molecule has 2 atom stereocenters. The zero-order chi connectivity index (χ0) is 20.1. The van der Waals surface area contributed by atoms with Crippen molar-refractivity contribution in [2.75, 3.05) is 13.1 Å². The van der Waals surface area contributed by atoms with Crippen LogP contribution in [0.15, 0.2) is 66.7 Å². The average molecular weight is 389 g/mol. The lowest BCUT2D eigenvalue weighted by Gasteiger charge is -2.37. The third kappa shape index (κ3) is 4.86. The number of carbonyl (C=O) groups is 1. The summed E-state index contributed by atoms with van der Waals surface area (Å²) in [4.78, 5) is 13.9. The number of aromatic amines is 1. The van der Waals surface area contributed by atoms with Gasteiger partial charge in [-0.2, -0.15) is 5.10 Å². The van der Waals surface area contributed by atoms with E-state index in [1.807, 2.05) is 41.3 Å². The predicted octanol–water partition coefficient (Wildman–Crippen LogP) is 4.18. The quantitative estimate of drug-likeness (QED) is 0.688. The van der Waals surface area contributed by atoms with Crippen LogP contribution in [0.25, 0.3) is 0 Å². The summed E-state index contributed by atoms with van der Waals surface area (Å²) in [6.45, 7) is 3.64. The van der Waals surface area contributed by atoms with Gasteiger partial charge in [-0.25, -0.2) is 0 Å². The molecule has 29 heavy (non-hydrogen) atoms. The van der Waals surface area contributed by atoms with Crippen LogP contribution in [-0.2, 0) is 17.8 Å². The van der Waals surface area contributed by atoms with E-state index in [1.54, 1.807) is 6.92 Å². The molecule has 1 aliphatic rings. The summed E-state index contributed by atoms with van der Waals surface area (Å²) in [7, 11) is 0. The Bertz CT molecular complexity index is 924. The number of benzene rings is 2. The Morgan fingerprint density at radius 1 is 1.14 bits per heavy atom. The van der Waals surface area contributed by atoms with E-state index in [9.17, 15) is 4.79 Å². The van der Waals surface area contributed by atoms with Gasteiger partial charge < -0.3 is 9.64 Å². The van der Waals surface area contributed by atoms with E-state index in [0.717, 1.165) is 43.1 Å². The fourth-order valence-corrected chi connectivity index (χ4v) is 4.10. The van der Waals surface area contributed by atoms with E-state index >= 15 is 0 Å². The molecule has 0 spiro atoms. The Balaban J connectivity index is 1.49. The second kappa shape index (κ2) is 8.95. The molecular weight excluding hydrogens is 362 g/mol. The van der Waals surface area contributed by atoms with Crippen molar-refractivity contribution in [2.45, 2.75) is 32.3 Å². The SMILES string of the molecule is CC(=O)N1CCC(Cc2ccccc2)C(c2cc(COc3ccccc3)[nH]n2)C1. The lowest BCUT2D eigenvalue weighted by Crippen LogP contribution is -2.42. The Morgan fingerprint density at radius 3 is 2.59 bits per heavy atom. The van der Waals surface area contributed by atoms with Crippen molar-refractivity contribution >= 4 is 5.91 Å². The maximum atomic E-state index is 12.0. The number of amides is 1. The summed E-state index contributed by atoms with van der Waals surface area (Å²) in [6, 6.07) is 22.4. The van der Waals surface area contributed by atoms with Crippen LogP contribution in [-0.4, -0.2) is 34.1 Å². The number of likely N-dealkylation sites (tertiary alicyclic amines) is 1. The topological polar surface area (TPSA) is 58.2 Å². The van der Waals surface area contributed by atoms with Crippen LogP contribution in [0.1, 0.15) is 36.2 Å². The molecule has 2 heterocycles. The highest BCUT2D eigenvalue weighted by Gasteiger charge is 2.33. The molecule has 1 N–H and O–H groups in total. The molecular formula is C24H27N3O2. The van der Waals surface area contributed by atoms with Gasteiger partial charge >= 0.3 is 0 Å². The van der Waals surface area contributed by atoms with Gasteiger partial charge in [-0.05, 0) is 42.5 Å². The van der Waals surface area contributed by atoms with Gasteiger partial charge in [-0.3, -0.25) is 9.89 Å². The summed E-state index contributed by atoms with van der Waals surface area (Å²) < 4.78 is 5.84. The summed E-state index contributed by atoms with van der Waals surface area (Å²) in [5.41, 5.74) is 3.30. The van der Waals surface area contributed by atoms with Crippen LogP contribution in [0.2, 0.25) is 0 Å². The third-order valence-electron chi connectivity index (χ3n) is 5.71. The number of aromatic nitrogens is 2. The minimum Gasteiger partial charge on any atom is -0.487 e. The van der Waals surface area contributed by atoms with Crippen LogP contribution >= 0.6 is 0 Å². The number of carbonyl (C=O) groups excluding carboxylic acids is 1. The molecule has 1 fully saturated rings. The fraction of sp³-hybridized carbons (Fsp3) is 0.333. The number of H-pyrrole nitrogens is 1. The predicted molar refractivity (Wildman–Crippen MR) is 113 cm³/mol. The highest BCUT2D eigenvalue weighted by atomic mass is 16.5. The molecule has 1 amide bonds. The number of rotatable bonds is 6. The highest BCUT2D eigenvalue weighted by molar-refractivity contribution is 5.73. The zero-order valence-corrected chi connectivity index (χ0v) is 16.8. The number of piperidine rings is 1. The highest BCUT2D eigenvalue weighted by Crippen LogP contribution is 2.34. The molecule has 2 aromatic carbocycles. The summed E-state index contributed by atoms with van der Waals surface area (Å²) in [5.74, 6) is 1.65. The van der Waals surface area contributed by atoms with Gasteiger partial charge in [0.05, 0.1) is 11.4 Å². The van der Waals surface area contributed by atoms with Crippen molar-refractivity contribution in [2.24, 2.45) is 5.92 Å². The zero-order valence-electron chi connectivity index (χ0n) is 16.8. The monoisotopic (exact) mass is 389 g/mol. The first-order valence-electron chi connectivity index (χ1n) is 10.2.